The van der Waals surface area contributed by atoms with Crippen LogP contribution in [0.1, 0.15) is 31.4 Å². The Morgan fingerprint density at radius 2 is 1.68 bits per heavy atom. The van der Waals surface area contributed by atoms with Crippen LogP contribution in [0.3, 0.4) is 0 Å². The Hall–Kier alpha value is -2.73. The van der Waals surface area contributed by atoms with Crippen molar-refractivity contribution in [2.24, 2.45) is 0 Å². The van der Waals surface area contributed by atoms with Crippen molar-refractivity contribution in [1.82, 2.24) is 9.47 Å². The van der Waals surface area contributed by atoms with Gasteiger partial charge >= 0.3 is 26.4 Å². The van der Waals surface area contributed by atoms with Crippen LogP contribution in [0.15, 0.2) is 29.7 Å². The molecule has 2 aromatic rings. The average Bonchev–Trinajstić information content (AvgIpc) is 3.63. The van der Waals surface area contributed by atoms with E-state index in [9.17, 15) is 43.4 Å². The highest BCUT2D eigenvalue weighted by molar-refractivity contribution is 7.72. The highest BCUT2D eigenvalue weighted by atomic mass is 31.2. The van der Waals surface area contributed by atoms with Gasteiger partial charge in [0.05, 0.1) is 16.8 Å². The number of amides is 1. The summed E-state index contributed by atoms with van der Waals surface area (Å²) >= 11 is 0. The molecule has 13 nitrogen and oxygen atoms in total. The van der Waals surface area contributed by atoms with Crippen LogP contribution in [0, 0.1) is 5.82 Å². The van der Waals surface area contributed by atoms with Crippen LogP contribution in [0.5, 0.6) is 0 Å². The molecule has 2 aliphatic rings. The van der Waals surface area contributed by atoms with Crippen molar-refractivity contribution in [3.05, 3.63) is 46.5 Å². The first kappa shape index (κ1) is 27.3. The maximum atomic E-state index is 15.2. The third-order valence-electron chi connectivity index (χ3n) is 6.59. The quantitative estimate of drug-likeness (QED) is 0.257. The number of hydrogen-bond donors (Lipinski definition) is 5. The fraction of sp³-hybridized carbons (Fsp3) is 0.429. The molecule has 1 saturated heterocycles. The Bertz CT molecular complexity index is 1410. The van der Waals surface area contributed by atoms with E-state index in [2.05, 4.69) is 11.3 Å². The summed E-state index contributed by atoms with van der Waals surface area (Å²) in [6.45, 7) is 3.77. The van der Waals surface area contributed by atoms with E-state index in [1.54, 1.807) is 9.47 Å². The highest BCUT2D eigenvalue weighted by Gasteiger charge is 2.60. The minimum atomic E-state index is -5.57. The first-order valence-corrected chi connectivity index (χ1v) is 14.4. The molecular weight excluding hydrogens is 535 g/mol. The van der Waals surface area contributed by atoms with Crippen LogP contribution in [0.4, 0.5) is 14.9 Å². The monoisotopic (exact) mass is 561 g/mol. The zero-order valence-electron chi connectivity index (χ0n) is 19.7. The minimum Gasteiger partial charge on any atom is -0.508 e. The van der Waals surface area contributed by atoms with E-state index in [1.165, 1.54) is 12.3 Å². The Morgan fingerprint density at radius 3 is 2.16 bits per heavy atom. The average molecular weight is 561 g/mol. The predicted octanol–water partition coefficient (Wildman–Crippen LogP) is 2.29. The number of fused-ring (bicyclic) bond motifs is 1. The number of rotatable bonds is 6. The number of anilines is 1. The molecule has 0 unspecified atom stereocenters. The molecule has 1 aromatic heterocycles. The second-order valence-electron chi connectivity index (χ2n) is 9.14. The highest BCUT2D eigenvalue weighted by Crippen LogP contribution is 2.69. The third-order valence-corrected chi connectivity index (χ3v) is 10.5. The van der Waals surface area contributed by atoms with Gasteiger partial charge in [0.15, 0.2) is 5.43 Å². The van der Waals surface area contributed by atoms with Gasteiger partial charge in [-0.2, -0.15) is 0 Å². The van der Waals surface area contributed by atoms with Crippen LogP contribution >= 0.6 is 15.2 Å². The van der Waals surface area contributed by atoms with Gasteiger partial charge in [-0.15, -0.1) is 0 Å². The molecule has 4 rings (SSSR count). The van der Waals surface area contributed by atoms with Gasteiger partial charge in [0.25, 0.3) is 0 Å². The number of aromatic nitrogens is 1. The normalized spacial score (nSPS) is 17.2. The molecule has 0 bridgehead atoms. The maximum Gasteiger partial charge on any atom is 0.411 e. The molecule has 5 N–H and O–H groups in total. The van der Waals surface area contributed by atoms with Gasteiger partial charge in [-0.1, -0.05) is 6.58 Å². The Morgan fingerprint density at radius 1 is 1.11 bits per heavy atom. The molecule has 1 amide bonds. The van der Waals surface area contributed by atoms with Crippen molar-refractivity contribution < 1.29 is 47.7 Å². The molecule has 1 saturated carbocycles. The summed E-state index contributed by atoms with van der Waals surface area (Å²) in [5.41, 5.74) is 0.0434. The molecule has 37 heavy (non-hydrogen) atoms. The summed E-state index contributed by atoms with van der Waals surface area (Å²) in [6, 6.07) is 2.69. The number of nitrogens with zero attached hydrogens (tertiary/aromatic N) is 3. The van der Waals surface area contributed by atoms with Crippen molar-refractivity contribution in [3.8, 4) is 0 Å². The topological polar surface area (TPSA) is 190 Å². The van der Waals surface area contributed by atoms with E-state index in [0.29, 0.717) is 12.4 Å². The van der Waals surface area contributed by atoms with E-state index < -0.39 is 43.4 Å². The Kier molecular flexibility index (Phi) is 6.81. The van der Waals surface area contributed by atoms with Crippen molar-refractivity contribution >= 4 is 43.6 Å². The van der Waals surface area contributed by atoms with Gasteiger partial charge in [-0.3, -0.25) is 13.9 Å². The second kappa shape index (κ2) is 9.23. The summed E-state index contributed by atoms with van der Waals surface area (Å²) in [5.74, 6) is -1.12. The number of ether oxygens (including phenoxy) is 1. The number of halogens is 1. The largest absolute Gasteiger partial charge is 0.508 e. The number of pyridine rings is 1. The van der Waals surface area contributed by atoms with Gasteiger partial charge in [-0.25, -0.2) is 9.18 Å². The molecule has 1 aliphatic heterocycles. The van der Waals surface area contributed by atoms with Crippen molar-refractivity contribution in [2.75, 3.05) is 31.1 Å². The Balaban J connectivity index is 1.58. The molecule has 202 valence electrons. The van der Waals surface area contributed by atoms with Gasteiger partial charge in [0.1, 0.15) is 11.6 Å². The SMILES string of the molecule is C=C(O)c1cn(C2CC2)c2cc(N3CCN(C(=O)OC(C)(P(=O)(O)O)P(=O)(O)O)CC3)c(F)cc2c1=O. The van der Waals surface area contributed by atoms with Crippen molar-refractivity contribution in [2.45, 2.75) is 30.9 Å². The summed E-state index contributed by atoms with van der Waals surface area (Å²) in [6.07, 6.45) is 1.86. The molecule has 2 fully saturated rings. The van der Waals surface area contributed by atoms with Crippen molar-refractivity contribution in [1.29, 1.82) is 0 Å². The lowest BCUT2D eigenvalue weighted by atomic mass is 10.1. The molecule has 1 aliphatic carbocycles. The number of carbonyl (C=O) groups excluding carboxylic acids is 1. The van der Waals surface area contributed by atoms with Crippen LogP contribution in [-0.4, -0.2) is 71.5 Å². The smallest absolute Gasteiger partial charge is 0.411 e. The van der Waals surface area contributed by atoms with Crippen LogP contribution in [-0.2, 0) is 13.9 Å². The zero-order valence-corrected chi connectivity index (χ0v) is 21.4. The fourth-order valence-electron chi connectivity index (χ4n) is 4.11. The number of aliphatic hydroxyl groups is 1. The molecule has 0 radical (unpaired) electrons. The van der Waals surface area contributed by atoms with E-state index in [1.807, 2.05) is 0 Å². The summed E-state index contributed by atoms with van der Waals surface area (Å²) in [4.78, 5) is 65.5. The van der Waals surface area contributed by atoms with Crippen molar-refractivity contribution in [3.63, 3.8) is 0 Å². The number of hydrogen-bond acceptors (Lipinski definition) is 7. The number of piperazine rings is 1. The molecule has 16 heteroatoms. The van der Waals surface area contributed by atoms with Gasteiger partial charge < -0.3 is 43.8 Å². The third kappa shape index (κ3) is 4.93. The zero-order chi connectivity index (χ0) is 27.5. The lowest BCUT2D eigenvalue weighted by Crippen LogP contribution is -2.50. The fourth-order valence-corrected chi connectivity index (χ4v) is 5.86. The Labute approximate surface area is 209 Å². The summed E-state index contributed by atoms with van der Waals surface area (Å²) in [7, 11) is -11.1. The first-order chi connectivity index (χ1) is 17.0. The lowest BCUT2D eigenvalue weighted by Gasteiger charge is -2.38. The van der Waals surface area contributed by atoms with Crippen LogP contribution in [0.25, 0.3) is 16.7 Å². The number of aliphatic hydroxyl groups excluding tert-OH is 1. The number of carbonyl (C=O) groups is 1. The van der Waals surface area contributed by atoms with E-state index in [-0.39, 0.29) is 48.9 Å². The maximum absolute atomic E-state index is 15.2. The standard InChI is InChI=1S/C21H26FN3O10P2/c1-12(26)15-11-25(13-3-4-13)17-10-18(16(22)9-14(17)19(15)27)23-5-7-24(8-6-23)20(28)35-21(2,36(29,30)31)37(32,33)34/h9-11,13,26H,1,3-8H2,2H3,(H2,29,30,31)(H2,32,33,34). The molecule has 0 atom stereocenters. The van der Waals surface area contributed by atoms with Gasteiger partial charge in [0, 0.05) is 43.8 Å². The predicted molar refractivity (Wildman–Crippen MR) is 131 cm³/mol. The lowest BCUT2D eigenvalue weighted by molar-refractivity contribution is 0.0566. The van der Waals surface area contributed by atoms with Crippen LogP contribution in [0.2, 0.25) is 0 Å². The number of benzene rings is 1. The first-order valence-electron chi connectivity index (χ1n) is 11.2. The van der Waals surface area contributed by atoms with E-state index in [4.69, 9.17) is 0 Å². The minimum absolute atomic E-state index is 0.0173. The molecule has 2 heterocycles. The summed E-state index contributed by atoms with van der Waals surface area (Å²) < 4.78 is 44.9. The van der Waals surface area contributed by atoms with E-state index in [0.717, 1.165) is 23.8 Å². The van der Waals surface area contributed by atoms with Crippen LogP contribution < -0.4 is 10.3 Å². The summed E-state index contributed by atoms with van der Waals surface area (Å²) in [5, 5.41) is 6.53. The molecule has 0 spiro atoms. The molecule has 1 aromatic carbocycles. The molecular formula is C21H26FN3O10P2. The second-order valence-corrected chi connectivity index (χ2v) is 13.4. The van der Waals surface area contributed by atoms with Gasteiger partial charge in [0.2, 0.25) is 0 Å². The van der Waals surface area contributed by atoms with Gasteiger partial charge in [-0.05, 0) is 31.9 Å². The van der Waals surface area contributed by atoms with E-state index >= 15 is 4.39 Å².